The second kappa shape index (κ2) is 7.17. The lowest BCUT2D eigenvalue weighted by molar-refractivity contribution is -0.165. The molecule has 1 N–H and O–H groups in total. The van der Waals surface area contributed by atoms with Crippen molar-refractivity contribution >= 4 is 19.9 Å². The Morgan fingerprint density at radius 2 is 1.48 bits per heavy atom. The molecule has 134 valence electrons. The minimum absolute atomic E-state index is 0.0603. The third-order valence-corrected chi connectivity index (χ3v) is 3.55. The Labute approximate surface area is 135 Å². The quantitative estimate of drug-likeness (QED) is 0.466. The van der Waals surface area contributed by atoms with Crippen LogP contribution < -0.4 is 5.32 Å². The van der Waals surface area contributed by atoms with Crippen molar-refractivity contribution in [1.29, 1.82) is 0 Å². The number of hydrogen-bond donors (Lipinski definition) is 1. The highest BCUT2D eigenvalue weighted by Gasteiger charge is 2.40. The van der Waals surface area contributed by atoms with Crippen molar-refractivity contribution in [2.45, 2.75) is 59.0 Å². The number of phosphoric ester groups is 1. The Bertz CT molecular complexity index is 483. The Morgan fingerprint density at radius 3 is 1.91 bits per heavy atom. The summed E-state index contributed by atoms with van der Waals surface area (Å²) in [5.41, 5.74) is -1.62. The second-order valence-electron chi connectivity index (χ2n) is 6.78. The van der Waals surface area contributed by atoms with Crippen molar-refractivity contribution in [1.82, 2.24) is 5.32 Å². The first-order chi connectivity index (χ1) is 10.3. The van der Waals surface area contributed by atoms with E-state index in [1.54, 1.807) is 41.5 Å². The minimum Gasteiger partial charge on any atom is -0.457 e. The van der Waals surface area contributed by atoms with E-state index < -0.39 is 37.3 Å². The van der Waals surface area contributed by atoms with Crippen LogP contribution in [0.25, 0.3) is 0 Å². The molecule has 0 bridgehead atoms. The molecule has 1 amide bonds. The predicted octanol–water partition coefficient (Wildman–Crippen LogP) is 2.35. The van der Waals surface area contributed by atoms with E-state index in [9.17, 15) is 14.2 Å². The van der Waals surface area contributed by atoms with E-state index in [2.05, 4.69) is 5.32 Å². The molecule has 1 aliphatic rings. The van der Waals surface area contributed by atoms with E-state index in [1.807, 2.05) is 0 Å². The molecule has 1 aliphatic heterocycles. The lowest BCUT2D eigenvalue weighted by Crippen LogP contribution is -2.47. The van der Waals surface area contributed by atoms with E-state index in [0.717, 1.165) is 0 Å². The Kier molecular flexibility index (Phi) is 6.20. The molecule has 0 aromatic carbocycles. The molecular weight excluding hydrogens is 329 g/mol. The molecule has 1 rings (SSSR count). The zero-order valence-electron chi connectivity index (χ0n) is 14.2. The molecule has 1 heterocycles. The summed E-state index contributed by atoms with van der Waals surface area (Å²) in [6, 6.07) is 0. The lowest BCUT2D eigenvalue weighted by Gasteiger charge is -2.26. The molecule has 1 atom stereocenters. The smallest absolute Gasteiger partial charge is 0.457 e. The summed E-state index contributed by atoms with van der Waals surface area (Å²) in [4.78, 5) is 24.0. The molecule has 0 aromatic heterocycles. The first-order valence-electron chi connectivity index (χ1n) is 7.10. The van der Waals surface area contributed by atoms with Crippen LogP contribution in [0, 0.1) is 0 Å². The highest BCUT2D eigenvalue weighted by molar-refractivity contribution is 7.48. The first kappa shape index (κ1) is 19.9. The lowest BCUT2D eigenvalue weighted by atomic mass is 10.2. The fourth-order valence-electron chi connectivity index (χ4n) is 1.42. The topological polar surface area (TPSA) is 109 Å². The predicted molar refractivity (Wildman–Crippen MR) is 79.6 cm³/mol. The fraction of sp³-hybridized carbons (Fsp3) is 0.846. The zero-order valence-corrected chi connectivity index (χ0v) is 15.1. The molecule has 0 radical (unpaired) electrons. The molecule has 9 nitrogen and oxygen atoms in total. The van der Waals surface area contributed by atoms with Crippen LogP contribution in [0.5, 0.6) is 0 Å². The maximum atomic E-state index is 12.1. The van der Waals surface area contributed by atoms with Gasteiger partial charge in [0.1, 0.15) is 11.2 Å². The summed E-state index contributed by atoms with van der Waals surface area (Å²) in [7, 11) is -3.92. The summed E-state index contributed by atoms with van der Waals surface area (Å²) >= 11 is 0. The van der Waals surface area contributed by atoms with Crippen LogP contribution in [0.3, 0.4) is 0 Å². The molecule has 10 heteroatoms. The molecule has 1 fully saturated rings. The molecule has 1 unspecified atom stereocenters. The van der Waals surface area contributed by atoms with Crippen molar-refractivity contribution in [2.75, 3.05) is 13.2 Å². The van der Waals surface area contributed by atoms with Crippen LogP contribution >= 0.6 is 7.82 Å². The normalized spacial score (nSPS) is 19.0. The summed E-state index contributed by atoms with van der Waals surface area (Å²) in [6.45, 7) is 10.00. The molecule has 0 saturated carbocycles. The van der Waals surface area contributed by atoms with Crippen LogP contribution in [0.15, 0.2) is 0 Å². The van der Waals surface area contributed by atoms with Gasteiger partial charge in [0.05, 0.1) is 13.2 Å². The maximum Gasteiger partial charge on any atom is 0.477 e. The van der Waals surface area contributed by atoms with Gasteiger partial charge in [-0.15, -0.1) is 0 Å². The standard InChI is InChI=1S/C13H24NO8P/c1-12(2,3)20-10(15)9(14-11(16)21-13(4,5)6)22-23(17)18-7-8-19-23/h9H,7-8H2,1-6H3,(H,14,16). The van der Waals surface area contributed by atoms with Gasteiger partial charge in [0.2, 0.25) is 6.23 Å². The number of ether oxygens (including phenoxy) is 2. The molecule has 1 saturated heterocycles. The summed E-state index contributed by atoms with van der Waals surface area (Å²) in [6.07, 6.45) is -2.62. The number of amides is 1. The van der Waals surface area contributed by atoms with E-state index >= 15 is 0 Å². The van der Waals surface area contributed by atoms with Crippen LogP contribution in [-0.4, -0.2) is 42.7 Å². The van der Waals surface area contributed by atoms with Gasteiger partial charge in [-0.1, -0.05) is 0 Å². The van der Waals surface area contributed by atoms with Crippen LogP contribution in [-0.2, 0) is 32.4 Å². The highest BCUT2D eigenvalue weighted by atomic mass is 31.2. The molecule has 0 aromatic rings. The molecule has 23 heavy (non-hydrogen) atoms. The fourth-order valence-corrected chi connectivity index (χ4v) is 2.61. The first-order valence-corrected chi connectivity index (χ1v) is 8.56. The van der Waals surface area contributed by atoms with Gasteiger partial charge in [0.25, 0.3) is 0 Å². The summed E-state index contributed by atoms with van der Waals surface area (Å²) < 4.78 is 37.0. The number of esters is 1. The average molecular weight is 353 g/mol. The number of phosphoric acid groups is 1. The van der Waals surface area contributed by atoms with Crippen molar-refractivity contribution in [3.63, 3.8) is 0 Å². The molecule has 0 spiro atoms. The second-order valence-corrected chi connectivity index (χ2v) is 8.40. The monoisotopic (exact) mass is 353 g/mol. The van der Waals surface area contributed by atoms with Crippen molar-refractivity contribution in [3.05, 3.63) is 0 Å². The third-order valence-electron chi connectivity index (χ3n) is 2.09. The van der Waals surface area contributed by atoms with Crippen LogP contribution in [0.1, 0.15) is 41.5 Å². The largest absolute Gasteiger partial charge is 0.477 e. The SMILES string of the molecule is CC(C)(C)OC(=O)NC(OP1(=O)OCCO1)C(=O)OC(C)(C)C. The number of carbonyl (C=O) groups is 2. The van der Waals surface area contributed by atoms with E-state index in [0.29, 0.717) is 0 Å². The van der Waals surface area contributed by atoms with E-state index in [1.165, 1.54) is 0 Å². The van der Waals surface area contributed by atoms with Gasteiger partial charge in [0, 0.05) is 0 Å². The number of alkyl carbamates (subject to hydrolysis) is 1. The van der Waals surface area contributed by atoms with Crippen LogP contribution in [0.2, 0.25) is 0 Å². The third kappa shape index (κ3) is 7.78. The summed E-state index contributed by atoms with van der Waals surface area (Å²) in [5.74, 6) is -0.947. The van der Waals surface area contributed by atoms with E-state index in [-0.39, 0.29) is 13.2 Å². The number of hydrogen-bond acceptors (Lipinski definition) is 8. The Hall–Kier alpha value is -1.15. The van der Waals surface area contributed by atoms with Gasteiger partial charge in [0.15, 0.2) is 0 Å². The van der Waals surface area contributed by atoms with Gasteiger partial charge in [-0.2, -0.15) is 0 Å². The molecule has 0 aliphatic carbocycles. The van der Waals surface area contributed by atoms with Gasteiger partial charge >= 0.3 is 19.9 Å². The van der Waals surface area contributed by atoms with Gasteiger partial charge in [-0.05, 0) is 41.5 Å². The van der Waals surface area contributed by atoms with Gasteiger partial charge in [-0.3, -0.25) is 18.9 Å². The average Bonchev–Trinajstić information content (AvgIpc) is 2.70. The highest BCUT2D eigenvalue weighted by Crippen LogP contribution is 2.53. The molecular formula is C13H24NO8P. The van der Waals surface area contributed by atoms with E-state index in [4.69, 9.17) is 23.0 Å². The van der Waals surface area contributed by atoms with Crippen molar-refractivity contribution in [3.8, 4) is 0 Å². The summed E-state index contributed by atoms with van der Waals surface area (Å²) in [5, 5.41) is 2.16. The van der Waals surface area contributed by atoms with Gasteiger partial charge in [-0.25, -0.2) is 14.2 Å². The Balaban J connectivity index is 2.81. The maximum absolute atomic E-state index is 12.1. The zero-order chi connectivity index (χ0) is 17.9. The Morgan fingerprint density at radius 1 is 1.00 bits per heavy atom. The number of carbonyl (C=O) groups excluding carboxylic acids is 2. The number of nitrogens with one attached hydrogen (secondary N) is 1. The minimum atomic E-state index is -3.92. The number of rotatable bonds is 4. The van der Waals surface area contributed by atoms with Crippen LogP contribution in [0.4, 0.5) is 4.79 Å². The van der Waals surface area contributed by atoms with Crippen molar-refractivity contribution in [2.24, 2.45) is 0 Å². The van der Waals surface area contributed by atoms with Gasteiger partial charge < -0.3 is 9.47 Å². The van der Waals surface area contributed by atoms with Crippen molar-refractivity contribution < 1.29 is 37.2 Å².